The lowest BCUT2D eigenvalue weighted by molar-refractivity contribution is -0.150. The first-order chi connectivity index (χ1) is 13.5. The summed E-state index contributed by atoms with van der Waals surface area (Å²) >= 11 is 6.23. The average Bonchev–Trinajstić information content (AvgIpc) is 2.67. The highest BCUT2D eigenvalue weighted by Crippen LogP contribution is 2.31. The summed E-state index contributed by atoms with van der Waals surface area (Å²) in [4.78, 5) is 11.8. The standard InChI is InChI=1S/C23H23ClO4/c1-15(2)23(25)28-19(12-26-3)13-27-14-22-20-7-5-4-6-16(20)10-17-8-9-18(24)11-21(17)22/h4-11,19H,1,12-14H2,2-3H3. The fourth-order valence-corrected chi connectivity index (χ4v) is 3.30. The summed E-state index contributed by atoms with van der Waals surface area (Å²) in [6, 6.07) is 16.2. The van der Waals surface area contributed by atoms with E-state index in [1.807, 2.05) is 30.3 Å². The number of benzene rings is 3. The Morgan fingerprint density at radius 3 is 2.57 bits per heavy atom. The van der Waals surface area contributed by atoms with E-state index in [9.17, 15) is 4.79 Å². The maximum Gasteiger partial charge on any atom is 0.333 e. The van der Waals surface area contributed by atoms with Gasteiger partial charge in [0.2, 0.25) is 0 Å². The molecule has 146 valence electrons. The van der Waals surface area contributed by atoms with Gasteiger partial charge in [-0.3, -0.25) is 0 Å². The molecule has 0 bridgehead atoms. The van der Waals surface area contributed by atoms with Crippen LogP contribution in [0.3, 0.4) is 0 Å². The zero-order valence-electron chi connectivity index (χ0n) is 16.0. The third kappa shape index (κ3) is 4.71. The second kappa shape index (κ2) is 9.20. The van der Waals surface area contributed by atoms with E-state index >= 15 is 0 Å². The van der Waals surface area contributed by atoms with Gasteiger partial charge in [-0.05, 0) is 52.2 Å². The van der Waals surface area contributed by atoms with Gasteiger partial charge in [0.25, 0.3) is 0 Å². The molecule has 4 nitrogen and oxygen atoms in total. The van der Waals surface area contributed by atoms with Gasteiger partial charge in [0, 0.05) is 17.7 Å². The first-order valence-electron chi connectivity index (χ1n) is 9.02. The van der Waals surface area contributed by atoms with Crippen molar-refractivity contribution < 1.29 is 19.0 Å². The van der Waals surface area contributed by atoms with Crippen LogP contribution in [0.5, 0.6) is 0 Å². The van der Waals surface area contributed by atoms with Crippen LogP contribution < -0.4 is 0 Å². The van der Waals surface area contributed by atoms with E-state index < -0.39 is 12.1 Å². The molecule has 0 heterocycles. The van der Waals surface area contributed by atoms with E-state index in [0.717, 1.165) is 27.1 Å². The van der Waals surface area contributed by atoms with Crippen LogP contribution in [-0.4, -0.2) is 32.4 Å². The lowest BCUT2D eigenvalue weighted by atomic mass is 9.97. The number of fused-ring (bicyclic) bond motifs is 2. The Labute approximate surface area is 169 Å². The van der Waals surface area contributed by atoms with Gasteiger partial charge in [-0.15, -0.1) is 0 Å². The van der Waals surface area contributed by atoms with Gasteiger partial charge >= 0.3 is 5.97 Å². The topological polar surface area (TPSA) is 44.8 Å². The van der Waals surface area contributed by atoms with Gasteiger partial charge in [0.15, 0.2) is 0 Å². The molecule has 1 unspecified atom stereocenters. The summed E-state index contributed by atoms with van der Waals surface area (Å²) in [6.07, 6.45) is -0.501. The number of carbonyl (C=O) groups excluding carboxylic acids is 1. The van der Waals surface area contributed by atoms with Crippen molar-refractivity contribution in [1.82, 2.24) is 0 Å². The summed E-state index contributed by atoms with van der Waals surface area (Å²) in [5, 5.41) is 5.08. The molecule has 3 rings (SSSR count). The van der Waals surface area contributed by atoms with E-state index in [4.69, 9.17) is 25.8 Å². The molecule has 0 aliphatic heterocycles. The highest BCUT2D eigenvalue weighted by Gasteiger charge is 2.16. The Bertz CT molecular complexity index is 1010. The Hall–Kier alpha value is -2.40. The zero-order chi connectivity index (χ0) is 20.1. The molecule has 5 heteroatoms. The van der Waals surface area contributed by atoms with Crippen LogP contribution in [0, 0.1) is 0 Å². The molecule has 0 saturated heterocycles. The van der Waals surface area contributed by atoms with Gasteiger partial charge in [0.1, 0.15) is 6.10 Å². The van der Waals surface area contributed by atoms with Gasteiger partial charge in [-0.2, -0.15) is 0 Å². The van der Waals surface area contributed by atoms with E-state index in [1.54, 1.807) is 14.0 Å². The molecule has 0 aliphatic carbocycles. The normalized spacial score (nSPS) is 12.2. The van der Waals surface area contributed by atoms with Crippen LogP contribution in [0.2, 0.25) is 5.02 Å². The summed E-state index contributed by atoms with van der Waals surface area (Å²) in [5.41, 5.74) is 1.40. The SMILES string of the molecule is C=C(C)C(=O)OC(COC)COCc1c2ccccc2cc2ccc(Cl)cc12. The first kappa shape index (κ1) is 20.3. The number of rotatable bonds is 8. The molecule has 0 amide bonds. The monoisotopic (exact) mass is 398 g/mol. The summed E-state index contributed by atoms with van der Waals surface area (Å²) in [5.74, 6) is -0.451. The van der Waals surface area contributed by atoms with Crippen molar-refractivity contribution in [1.29, 1.82) is 0 Å². The van der Waals surface area contributed by atoms with E-state index in [0.29, 0.717) is 17.2 Å². The first-order valence-corrected chi connectivity index (χ1v) is 9.40. The number of esters is 1. The minimum atomic E-state index is -0.501. The Morgan fingerprint density at radius 2 is 1.82 bits per heavy atom. The zero-order valence-corrected chi connectivity index (χ0v) is 16.8. The van der Waals surface area contributed by atoms with E-state index in [1.165, 1.54) is 0 Å². The van der Waals surface area contributed by atoms with Crippen LogP contribution in [0.4, 0.5) is 0 Å². The summed E-state index contributed by atoms with van der Waals surface area (Å²) < 4.78 is 16.5. The maximum absolute atomic E-state index is 11.8. The molecular formula is C23H23ClO4. The lowest BCUT2D eigenvalue weighted by Gasteiger charge is -2.18. The smallest absolute Gasteiger partial charge is 0.333 e. The Morgan fingerprint density at radius 1 is 1.07 bits per heavy atom. The number of halogens is 1. The summed E-state index contributed by atoms with van der Waals surface area (Å²) in [6.45, 7) is 6.05. The molecule has 3 aromatic carbocycles. The quantitative estimate of drug-likeness (QED) is 0.293. The number of carbonyl (C=O) groups is 1. The Kier molecular flexibility index (Phi) is 6.68. The van der Waals surface area contributed by atoms with Crippen molar-refractivity contribution in [2.45, 2.75) is 19.6 Å². The van der Waals surface area contributed by atoms with E-state index in [-0.39, 0.29) is 13.2 Å². The predicted molar refractivity (Wildman–Crippen MR) is 113 cm³/mol. The van der Waals surface area contributed by atoms with Gasteiger partial charge in [0.05, 0.1) is 19.8 Å². The van der Waals surface area contributed by atoms with E-state index in [2.05, 4.69) is 24.8 Å². The van der Waals surface area contributed by atoms with Gasteiger partial charge in [-0.1, -0.05) is 48.5 Å². The highest BCUT2D eigenvalue weighted by molar-refractivity contribution is 6.31. The molecular weight excluding hydrogens is 376 g/mol. The molecule has 1 atom stereocenters. The molecule has 0 fully saturated rings. The second-order valence-electron chi connectivity index (χ2n) is 6.72. The van der Waals surface area contributed by atoms with Crippen LogP contribution in [0.25, 0.3) is 21.5 Å². The van der Waals surface area contributed by atoms with Crippen molar-refractivity contribution in [3.8, 4) is 0 Å². The van der Waals surface area contributed by atoms with Crippen molar-refractivity contribution in [2.24, 2.45) is 0 Å². The molecule has 0 aromatic heterocycles. The fraction of sp³-hybridized carbons (Fsp3) is 0.261. The average molecular weight is 399 g/mol. The van der Waals surface area contributed by atoms with Crippen molar-refractivity contribution in [3.63, 3.8) is 0 Å². The minimum absolute atomic E-state index is 0.220. The van der Waals surface area contributed by atoms with Crippen LogP contribution in [-0.2, 0) is 25.6 Å². The van der Waals surface area contributed by atoms with Crippen LogP contribution in [0.1, 0.15) is 12.5 Å². The minimum Gasteiger partial charge on any atom is -0.454 e. The molecule has 0 radical (unpaired) electrons. The molecule has 0 spiro atoms. The molecule has 0 aliphatic rings. The number of methoxy groups -OCH3 is 1. The highest BCUT2D eigenvalue weighted by atomic mass is 35.5. The Balaban J connectivity index is 1.85. The fourth-order valence-electron chi connectivity index (χ4n) is 3.13. The third-order valence-electron chi connectivity index (χ3n) is 4.46. The van der Waals surface area contributed by atoms with Crippen LogP contribution >= 0.6 is 11.6 Å². The largest absolute Gasteiger partial charge is 0.454 e. The van der Waals surface area contributed by atoms with Crippen LogP contribution in [0.15, 0.2) is 60.7 Å². The van der Waals surface area contributed by atoms with Crippen molar-refractivity contribution in [2.75, 3.05) is 20.3 Å². The molecule has 0 N–H and O–H groups in total. The number of ether oxygens (including phenoxy) is 3. The molecule has 0 saturated carbocycles. The van der Waals surface area contributed by atoms with Crippen molar-refractivity contribution in [3.05, 3.63) is 71.3 Å². The molecule has 3 aromatic rings. The van der Waals surface area contributed by atoms with Crippen molar-refractivity contribution >= 4 is 39.1 Å². The second-order valence-corrected chi connectivity index (χ2v) is 7.16. The number of hydrogen-bond donors (Lipinski definition) is 0. The third-order valence-corrected chi connectivity index (χ3v) is 4.70. The maximum atomic E-state index is 11.8. The number of hydrogen-bond acceptors (Lipinski definition) is 4. The molecule has 28 heavy (non-hydrogen) atoms. The summed E-state index contributed by atoms with van der Waals surface area (Å²) in [7, 11) is 1.56. The predicted octanol–water partition coefficient (Wildman–Crippen LogP) is 5.30. The van der Waals surface area contributed by atoms with Gasteiger partial charge in [-0.25, -0.2) is 4.79 Å². The lowest BCUT2D eigenvalue weighted by Crippen LogP contribution is -2.28. The van der Waals surface area contributed by atoms with Gasteiger partial charge < -0.3 is 14.2 Å².